The minimum atomic E-state index is -4.61. The van der Waals surface area contributed by atoms with Gasteiger partial charge in [0.05, 0.1) is 23.0 Å². The van der Waals surface area contributed by atoms with E-state index in [-0.39, 0.29) is 11.4 Å². The molecule has 2 aromatic rings. The van der Waals surface area contributed by atoms with E-state index in [4.69, 9.17) is 10.5 Å². The summed E-state index contributed by atoms with van der Waals surface area (Å²) in [7, 11) is 0. The van der Waals surface area contributed by atoms with E-state index in [1.165, 1.54) is 6.92 Å². The number of hydrogen-bond acceptors (Lipinski definition) is 5. The van der Waals surface area contributed by atoms with Gasteiger partial charge >= 0.3 is 12.1 Å². The highest BCUT2D eigenvalue weighted by molar-refractivity contribution is 6.02. The van der Waals surface area contributed by atoms with Gasteiger partial charge in [-0.3, -0.25) is 5.43 Å². The molecule has 4 N–H and O–H groups in total. The summed E-state index contributed by atoms with van der Waals surface area (Å²) >= 11 is 0. The molecule has 9 heteroatoms. The second-order valence-electron chi connectivity index (χ2n) is 7.43. The Bertz CT molecular complexity index is 1090. The van der Waals surface area contributed by atoms with Crippen molar-refractivity contribution in [3.05, 3.63) is 83.5 Å². The fourth-order valence-corrected chi connectivity index (χ4v) is 2.98. The number of anilines is 1. The van der Waals surface area contributed by atoms with Crippen LogP contribution >= 0.6 is 0 Å². The van der Waals surface area contributed by atoms with Crippen molar-refractivity contribution < 1.29 is 27.8 Å². The van der Waals surface area contributed by atoms with Gasteiger partial charge in [0.1, 0.15) is 5.75 Å². The fourth-order valence-electron chi connectivity index (χ4n) is 2.98. The molecule has 1 aliphatic rings. The van der Waals surface area contributed by atoms with Gasteiger partial charge in [0.25, 0.3) is 0 Å². The molecule has 3 rings (SSSR count). The van der Waals surface area contributed by atoms with E-state index >= 15 is 0 Å². The first kappa shape index (κ1) is 23.1. The molecule has 0 aromatic heterocycles. The summed E-state index contributed by atoms with van der Waals surface area (Å²) < 4.78 is 45.7. The van der Waals surface area contributed by atoms with E-state index in [1.807, 2.05) is 6.92 Å². The maximum atomic E-state index is 13.3. The summed E-state index contributed by atoms with van der Waals surface area (Å²) in [6.07, 6.45) is 2.08. The Morgan fingerprint density at radius 3 is 2.38 bits per heavy atom. The van der Waals surface area contributed by atoms with Crippen LogP contribution in [0.15, 0.2) is 71.9 Å². The maximum Gasteiger partial charge on any atom is 0.416 e. The zero-order valence-corrected chi connectivity index (χ0v) is 17.4. The average molecular weight is 445 g/mol. The van der Waals surface area contributed by atoms with Crippen LogP contribution in [0.4, 0.5) is 18.9 Å². The maximum absolute atomic E-state index is 13.3. The minimum Gasteiger partial charge on any atom is -0.478 e. The molecule has 6 nitrogen and oxygen atoms in total. The van der Waals surface area contributed by atoms with Crippen molar-refractivity contribution in [1.29, 1.82) is 0 Å². The predicted octanol–water partition coefficient (Wildman–Crippen LogP) is 4.61. The standard InChI is InChI=1S/C23H22F3N3O3/c1-14-7-9-15(10-8-14)22(2,21(30)31)32-20-12-11-16(23(24,25)26)13-19(20)29-28-18-6-4-3-5-17(18)27/h3-13,17,29H,27H2,1-2H3,(H,30,31)/b28-18-. The van der Waals surface area contributed by atoms with E-state index in [0.717, 1.165) is 23.8 Å². The van der Waals surface area contributed by atoms with Crippen molar-refractivity contribution in [2.75, 3.05) is 5.43 Å². The molecule has 0 spiro atoms. The van der Waals surface area contributed by atoms with Gasteiger partial charge in [-0.2, -0.15) is 18.3 Å². The van der Waals surface area contributed by atoms with E-state index in [9.17, 15) is 23.1 Å². The highest BCUT2D eigenvalue weighted by Crippen LogP contribution is 2.38. The van der Waals surface area contributed by atoms with Gasteiger partial charge in [0.2, 0.25) is 5.60 Å². The number of aliphatic carboxylic acids is 1. The van der Waals surface area contributed by atoms with Crippen molar-refractivity contribution in [3.63, 3.8) is 0 Å². The highest BCUT2D eigenvalue weighted by Gasteiger charge is 2.39. The van der Waals surface area contributed by atoms with Crippen LogP contribution in [0.1, 0.15) is 23.6 Å². The third kappa shape index (κ3) is 5.00. The number of nitrogens with two attached hydrogens (primary N) is 1. The van der Waals surface area contributed by atoms with Crippen LogP contribution in [0.25, 0.3) is 0 Å². The quantitative estimate of drug-likeness (QED) is 0.564. The van der Waals surface area contributed by atoms with Crippen LogP contribution in [0.2, 0.25) is 0 Å². The zero-order chi connectivity index (χ0) is 23.5. The van der Waals surface area contributed by atoms with Gasteiger partial charge in [-0.15, -0.1) is 0 Å². The van der Waals surface area contributed by atoms with Gasteiger partial charge in [0, 0.05) is 5.56 Å². The third-order valence-electron chi connectivity index (χ3n) is 4.98. The molecule has 0 saturated heterocycles. The Morgan fingerprint density at radius 1 is 1.12 bits per heavy atom. The number of nitrogens with zero attached hydrogens (tertiary/aromatic N) is 1. The Kier molecular flexibility index (Phi) is 6.40. The Balaban J connectivity index is 2.03. The number of ether oxygens (including phenoxy) is 1. The summed E-state index contributed by atoms with van der Waals surface area (Å²) in [6.45, 7) is 3.18. The monoisotopic (exact) mass is 445 g/mol. The minimum absolute atomic E-state index is 0.114. The molecule has 0 radical (unpaired) electrons. The molecule has 0 amide bonds. The number of benzene rings is 2. The molecule has 0 heterocycles. The number of allylic oxidation sites excluding steroid dienone is 2. The molecule has 2 unspecified atom stereocenters. The summed E-state index contributed by atoms with van der Waals surface area (Å²) in [6, 6.07) is 8.80. The molecule has 0 aliphatic heterocycles. The number of carboxylic acids is 1. The lowest BCUT2D eigenvalue weighted by atomic mass is 9.95. The first-order chi connectivity index (χ1) is 15.0. The molecule has 2 aromatic carbocycles. The number of aryl methyl sites for hydroxylation is 1. The highest BCUT2D eigenvalue weighted by atomic mass is 19.4. The number of carbonyl (C=O) groups is 1. The van der Waals surface area contributed by atoms with E-state index in [1.54, 1.807) is 48.6 Å². The van der Waals surface area contributed by atoms with Crippen LogP contribution in [0.5, 0.6) is 5.75 Å². The van der Waals surface area contributed by atoms with Crippen LogP contribution in [-0.2, 0) is 16.6 Å². The topological polar surface area (TPSA) is 96.9 Å². The van der Waals surface area contributed by atoms with E-state index in [2.05, 4.69) is 10.5 Å². The molecule has 2 atom stereocenters. The Hall–Kier alpha value is -3.59. The van der Waals surface area contributed by atoms with Gasteiger partial charge in [0.15, 0.2) is 0 Å². The number of hydrazone groups is 1. The molecular formula is C23H22F3N3O3. The summed E-state index contributed by atoms with van der Waals surface area (Å²) in [5.41, 5.74) is 7.14. The second kappa shape index (κ2) is 8.88. The smallest absolute Gasteiger partial charge is 0.416 e. The molecule has 1 aliphatic carbocycles. The van der Waals surface area contributed by atoms with Crippen LogP contribution in [0.3, 0.4) is 0 Å². The average Bonchev–Trinajstić information content (AvgIpc) is 2.73. The molecule has 0 fully saturated rings. The van der Waals surface area contributed by atoms with Crippen LogP contribution < -0.4 is 15.9 Å². The molecule has 32 heavy (non-hydrogen) atoms. The van der Waals surface area contributed by atoms with Crippen molar-refractivity contribution >= 4 is 17.4 Å². The first-order valence-corrected chi connectivity index (χ1v) is 9.65. The molecular weight excluding hydrogens is 423 g/mol. The van der Waals surface area contributed by atoms with Gasteiger partial charge < -0.3 is 15.6 Å². The van der Waals surface area contributed by atoms with E-state index < -0.39 is 29.4 Å². The Labute approximate surface area is 182 Å². The van der Waals surface area contributed by atoms with Crippen molar-refractivity contribution in [2.45, 2.75) is 31.7 Å². The number of carboxylic acid groups (broad SMARTS) is 1. The van der Waals surface area contributed by atoms with Gasteiger partial charge in [-0.1, -0.05) is 48.1 Å². The summed E-state index contributed by atoms with van der Waals surface area (Å²) in [5, 5.41) is 14.0. The largest absolute Gasteiger partial charge is 0.478 e. The fraction of sp³-hybridized carbons (Fsp3) is 0.217. The molecule has 0 bridgehead atoms. The van der Waals surface area contributed by atoms with Crippen molar-refractivity contribution in [3.8, 4) is 5.75 Å². The Morgan fingerprint density at radius 2 is 1.78 bits per heavy atom. The van der Waals surface area contributed by atoms with E-state index in [0.29, 0.717) is 11.3 Å². The lowest BCUT2D eigenvalue weighted by Gasteiger charge is -2.28. The van der Waals surface area contributed by atoms with Gasteiger partial charge in [-0.25, -0.2) is 4.79 Å². The first-order valence-electron chi connectivity index (χ1n) is 9.65. The summed E-state index contributed by atoms with van der Waals surface area (Å²) in [5.74, 6) is -1.42. The normalized spacial score (nSPS) is 18.9. The van der Waals surface area contributed by atoms with Gasteiger partial charge in [-0.05, 0) is 38.1 Å². The number of alkyl halides is 3. The van der Waals surface area contributed by atoms with Crippen molar-refractivity contribution in [1.82, 2.24) is 0 Å². The lowest BCUT2D eigenvalue weighted by Crippen LogP contribution is -2.38. The molecule has 168 valence electrons. The number of hydrogen-bond donors (Lipinski definition) is 3. The number of rotatable bonds is 6. The second-order valence-corrected chi connectivity index (χ2v) is 7.43. The molecule has 0 saturated carbocycles. The summed E-state index contributed by atoms with van der Waals surface area (Å²) in [4.78, 5) is 12.1. The number of nitrogens with one attached hydrogen (secondary N) is 1. The lowest BCUT2D eigenvalue weighted by molar-refractivity contribution is -0.154. The van der Waals surface area contributed by atoms with Crippen LogP contribution in [0, 0.1) is 6.92 Å². The van der Waals surface area contributed by atoms with Crippen LogP contribution in [-0.4, -0.2) is 22.8 Å². The SMILES string of the molecule is Cc1ccc(C(C)(Oc2ccc(C(F)(F)F)cc2N/N=C2/C=CC=CC2N)C(=O)O)cc1. The number of halogens is 3. The van der Waals surface area contributed by atoms with Crippen molar-refractivity contribution in [2.24, 2.45) is 10.8 Å². The zero-order valence-electron chi connectivity index (χ0n) is 17.4. The third-order valence-corrected chi connectivity index (χ3v) is 4.98. The predicted molar refractivity (Wildman–Crippen MR) is 116 cm³/mol.